The molecule has 22 nitrogen and oxygen atoms in total. The zero-order chi connectivity index (χ0) is 49.6. The molecule has 2 unspecified atom stereocenters. The number of H-pyrrole nitrogens is 1. The number of hydrogen-bond donors (Lipinski definition) is 6. The molecular formula is C45H48N5O17PS. The molecule has 0 saturated carbocycles. The van der Waals surface area contributed by atoms with Crippen molar-refractivity contribution in [2.45, 2.75) is 75.6 Å². The number of thioether (sulfide) groups is 1. The second-order valence-electron chi connectivity index (χ2n) is 16.2. The third kappa shape index (κ3) is 11.9. The molecule has 5 atom stereocenters. The maximum atomic E-state index is 13.2. The Balaban J connectivity index is 0.812. The number of aromatic carboxylic acids is 1. The number of ether oxygens (including phenoxy) is 1. The molecule has 4 heterocycles. The van der Waals surface area contributed by atoms with Crippen molar-refractivity contribution in [3.8, 4) is 28.2 Å². The third-order valence-electron chi connectivity index (χ3n) is 11.4. The van der Waals surface area contributed by atoms with Crippen molar-refractivity contribution in [2.75, 3.05) is 32.6 Å². The number of phenolic OH excluding ortho intramolecular Hbond substituents is 1. The molecule has 366 valence electrons. The summed E-state index contributed by atoms with van der Waals surface area (Å²) in [7, 11) is -3.03. The van der Waals surface area contributed by atoms with Crippen molar-refractivity contribution in [3.63, 3.8) is 0 Å². The lowest BCUT2D eigenvalue weighted by Crippen LogP contribution is -2.41. The molecule has 1 aromatic heterocycles. The van der Waals surface area contributed by atoms with E-state index in [2.05, 4.69) is 15.8 Å². The van der Waals surface area contributed by atoms with Gasteiger partial charge in [0, 0.05) is 84.6 Å². The fourth-order valence-corrected chi connectivity index (χ4v) is 9.95. The highest BCUT2D eigenvalue weighted by Crippen LogP contribution is 2.49. The molecule has 4 amide bonds. The highest BCUT2D eigenvalue weighted by molar-refractivity contribution is 8.00. The van der Waals surface area contributed by atoms with E-state index in [0.29, 0.717) is 42.2 Å². The number of aromatic nitrogens is 2. The van der Waals surface area contributed by atoms with Gasteiger partial charge >= 0.3 is 19.5 Å². The number of aryl methyl sites for hydroxylation is 1. The average Bonchev–Trinajstić information content (AvgIpc) is 3.82. The number of fused-ring (bicyclic) bond motifs is 2. The predicted octanol–water partition coefficient (Wildman–Crippen LogP) is 3.84. The van der Waals surface area contributed by atoms with Crippen LogP contribution >= 0.6 is 19.6 Å². The molecule has 24 heteroatoms. The molecule has 2 aromatic carbocycles. The Labute approximate surface area is 395 Å². The van der Waals surface area contributed by atoms with Gasteiger partial charge in [-0.15, -0.1) is 11.8 Å². The summed E-state index contributed by atoms with van der Waals surface area (Å²) in [5.41, 5.74) is 4.25. The number of aliphatic hydroxyl groups excluding tert-OH is 1. The monoisotopic (exact) mass is 993 g/mol. The number of carbonyl (C=O) groups excluding carboxylic acids is 4. The number of nitrogens with zero attached hydrogens (tertiary/aromatic N) is 2. The number of likely N-dealkylation sites (tertiary alicyclic amines) is 1. The van der Waals surface area contributed by atoms with Gasteiger partial charge in [-0.3, -0.25) is 67.6 Å². The average molecular weight is 994 g/mol. The molecule has 6 N–H and O–H groups in total. The summed E-state index contributed by atoms with van der Waals surface area (Å²) in [5.74, 6) is -3.04. The summed E-state index contributed by atoms with van der Waals surface area (Å²) in [4.78, 5) is 104. The lowest BCUT2D eigenvalue weighted by molar-refractivity contribution is -0.138. The second kappa shape index (κ2) is 21.9. The number of aliphatic hydroxyl groups is 1. The van der Waals surface area contributed by atoms with E-state index in [1.165, 1.54) is 72.6 Å². The number of phosphoric ester groups is 1. The number of imide groups is 1. The molecule has 3 aliphatic heterocycles. The van der Waals surface area contributed by atoms with Gasteiger partial charge in [0.05, 0.1) is 30.1 Å². The van der Waals surface area contributed by atoms with Crippen molar-refractivity contribution >= 4 is 60.2 Å². The number of hydrazine groups is 1. The molecule has 0 bridgehead atoms. The topological polar surface area (TPSA) is 312 Å². The Bertz CT molecular complexity index is 2990. The second-order valence-corrected chi connectivity index (χ2v) is 19.3. The van der Waals surface area contributed by atoms with Crippen LogP contribution in [0.2, 0.25) is 0 Å². The number of hydrogen-bond acceptors (Lipinski definition) is 17. The number of rotatable bonds is 20. The standard InChI is InChI=1S/C45H48N5O17PS/c1-24-22-50(45(61)46-41(24)56)39-20-32(53)35(67-39)23-65-68(62,63-2)64-15-16-69-36-21-38(55)49(43(36)58)14-6-4-3-5-7-37(54)47-48-42(57)25-8-11-28(44(59)60)31(17-25)40-29-12-9-26(51)18-33(29)66-34-19-27(52)10-13-30(34)40/h8-13,17-19,22,32,35-36,39,51,53H,3-7,14-16,20-21,23H2,1-2H3,(H,47,54)(H,48,57)(H,59,60)(H,46,56,61)/t32-,35-,36?,39-,68?/m1/s1. The minimum absolute atomic E-state index is 0.00418. The predicted molar refractivity (Wildman–Crippen MR) is 247 cm³/mol. The van der Waals surface area contributed by atoms with Crippen LogP contribution in [0.4, 0.5) is 0 Å². The minimum Gasteiger partial charge on any atom is -0.508 e. The highest BCUT2D eigenvalue weighted by atomic mass is 32.2. The number of nitrogens with one attached hydrogen (secondary N) is 3. The molecule has 3 aromatic rings. The van der Waals surface area contributed by atoms with Crippen LogP contribution in [-0.2, 0) is 37.3 Å². The first-order valence-corrected chi connectivity index (χ1v) is 24.2. The summed E-state index contributed by atoms with van der Waals surface area (Å²) in [6, 6.07) is 12.2. The Morgan fingerprint density at radius 2 is 1.74 bits per heavy atom. The van der Waals surface area contributed by atoms with E-state index in [-0.39, 0.29) is 94.8 Å². The summed E-state index contributed by atoms with van der Waals surface area (Å²) in [5, 5.41) is 30.4. The van der Waals surface area contributed by atoms with E-state index in [1.807, 2.05) is 0 Å². The highest BCUT2D eigenvalue weighted by Gasteiger charge is 2.40. The third-order valence-corrected chi connectivity index (χ3v) is 14.0. The van der Waals surface area contributed by atoms with Crippen LogP contribution in [0.25, 0.3) is 33.4 Å². The van der Waals surface area contributed by atoms with E-state index < -0.39 is 67.1 Å². The lowest BCUT2D eigenvalue weighted by Gasteiger charge is -2.20. The van der Waals surface area contributed by atoms with Crippen molar-refractivity contribution in [1.82, 2.24) is 25.3 Å². The first kappa shape index (κ1) is 50.4. The van der Waals surface area contributed by atoms with E-state index in [9.17, 15) is 58.2 Å². The minimum atomic E-state index is -4.14. The quantitative estimate of drug-likeness (QED) is 0.0212. The smallest absolute Gasteiger partial charge is 0.474 e. The van der Waals surface area contributed by atoms with E-state index in [1.54, 1.807) is 0 Å². The first-order chi connectivity index (χ1) is 32.9. The van der Waals surface area contributed by atoms with E-state index in [4.69, 9.17) is 22.7 Å². The van der Waals surface area contributed by atoms with Crippen LogP contribution in [0.5, 0.6) is 5.75 Å². The number of benzene rings is 3. The molecule has 2 saturated heterocycles. The number of phosphoric acid groups is 1. The summed E-state index contributed by atoms with van der Waals surface area (Å²) in [6.45, 7) is 1.11. The van der Waals surface area contributed by atoms with Gasteiger partial charge in [0.1, 0.15) is 29.4 Å². The van der Waals surface area contributed by atoms with Gasteiger partial charge in [0.2, 0.25) is 17.7 Å². The van der Waals surface area contributed by atoms with Crippen LogP contribution in [-0.4, -0.2) is 109 Å². The fraction of sp³-hybridized carbons (Fsp3) is 0.378. The van der Waals surface area contributed by atoms with Crippen LogP contribution in [0.1, 0.15) is 77.5 Å². The van der Waals surface area contributed by atoms with Gasteiger partial charge in [-0.05, 0) is 67.8 Å². The number of carbonyl (C=O) groups is 5. The summed E-state index contributed by atoms with van der Waals surface area (Å²) >= 11 is 1.14. The van der Waals surface area contributed by atoms with E-state index in [0.717, 1.165) is 23.4 Å². The fourth-order valence-electron chi connectivity index (χ4n) is 7.90. The Hall–Kier alpha value is -6.46. The molecule has 0 spiro atoms. The maximum Gasteiger partial charge on any atom is 0.474 e. The van der Waals surface area contributed by atoms with Gasteiger partial charge in [-0.2, -0.15) is 0 Å². The van der Waals surface area contributed by atoms with Crippen LogP contribution in [0.3, 0.4) is 0 Å². The number of carboxylic acids is 1. The molecular weight excluding hydrogens is 946 g/mol. The number of carboxylic acid groups (broad SMARTS) is 1. The summed E-state index contributed by atoms with van der Waals surface area (Å²) < 4.78 is 41.5. The van der Waals surface area contributed by atoms with Crippen LogP contribution in [0.15, 0.2) is 79.6 Å². The van der Waals surface area contributed by atoms with Crippen molar-refractivity contribution in [1.29, 1.82) is 0 Å². The van der Waals surface area contributed by atoms with Gasteiger partial charge in [0.25, 0.3) is 11.5 Å². The van der Waals surface area contributed by atoms with Gasteiger partial charge in [-0.1, -0.05) is 12.8 Å². The Morgan fingerprint density at radius 1 is 0.957 bits per heavy atom. The van der Waals surface area contributed by atoms with Crippen LogP contribution in [0, 0.1) is 6.92 Å². The van der Waals surface area contributed by atoms with Gasteiger partial charge in [0.15, 0.2) is 5.43 Å². The van der Waals surface area contributed by atoms with E-state index >= 15 is 0 Å². The molecule has 2 fully saturated rings. The number of aromatic hydroxyl groups is 1. The van der Waals surface area contributed by atoms with Crippen molar-refractivity contribution in [3.05, 3.63) is 109 Å². The SMILES string of the molecule is COP(=O)(OCCSC1CC(=O)N(CCCCCCC(=O)NNC(=O)c2ccc(C(=O)O)c(-c3c4ccc(=O)cc-4oc4cc(O)ccc34)c2)C1=O)OC[C@H]1O[C@@H](n2cc(C)c(=O)[nH]c2=O)C[C@H]1O. The zero-order valence-electron chi connectivity index (χ0n) is 37.2. The number of phenols is 1. The van der Waals surface area contributed by atoms with Crippen LogP contribution < -0.4 is 27.5 Å². The number of amides is 4. The number of unbranched alkanes of at least 4 members (excludes halogenated alkanes) is 3. The summed E-state index contributed by atoms with van der Waals surface area (Å²) in [6.07, 6.45) is 0.396. The van der Waals surface area contributed by atoms with Gasteiger partial charge in [-0.25, -0.2) is 14.2 Å². The molecule has 0 radical (unpaired) electrons. The first-order valence-electron chi connectivity index (χ1n) is 21.7. The zero-order valence-corrected chi connectivity index (χ0v) is 38.9. The Kier molecular flexibility index (Phi) is 16.0. The normalized spacial score (nSPS) is 19.0. The Morgan fingerprint density at radius 3 is 2.51 bits per heavy atom. The van der Waals surface area contributed by atoms with Crippen molar-refractivity contribution in [2.24, 2.45) is 0 Å². The molecule has 4 aliphatic rings. The van der Waals surface area contributed by atoms with Crippen molar-refractivity contribution < 1.29 is 66.6 Å². The molecule has 7 rings (SSSR count). The molecule has 1 aliphatic carbocycles. The molecule has 69 heavy (non-hydrogen) atoms. The lowest BCUT2D eigenvalue weighted by atomic mass is 9.89. The largest absolute Gasteiger partial charge is 0.508 e. The van der Waals surface area contributed by atoms with Gasteiger partial charge < -0.3 is 24.5 Å². The number of aromatic amines is 1. The maximum absolute atomic E-state index is 13.2.